The lowest BCUT2D eigenvalue weighted by Crippen LogP contribution is -2.07. The van der Waals surface area contributed by atoms with Crippen molar-refractivity contribution in [2.24, 2.45) is 10.7 Å². The molecule has 0 aromatic heterocycles. The second-order valence-corrected chi connectivity index (χ2v) is 3.01. The molecule has 1 aliphatic carbocycles. The van der Waals surface area contributed by atoms with Crippen LogP contribution in [0.2, 0.25) is 0 Å². The zero-order valence-corrected chi connectivity index (χ0v) is 7.14. The first kappa shape index (κ1) is 8.47. The summed E-state index contributed by atoms with van der Waals surface area (Å²) in [6.07, 6.45) is 5.82. The molecule has 2 nitrogen and oxygen atoms in total. The molecule has 0 fully saturated rings. The van der Waals surface area contributed by atoms with Gasteiger partial charge in [0.15, 0.2) is 0 Å². The number of aliphatic imine (C=N–C) groups is 1. The minimum Gasteiger partial charge on any atom is -0.329 e. The van der Waals surface area contributed by atoms with Crippen LogP contribution in [-0.2, 0) is 0 Å². The Kier molecular flexibility index (Phi) is 3.30. The van der Waals surface area contributed by atoms with Crippen molar-refractivity contribution in [3.05, 3.63) is 11.6 Å². The zero-order valence-electron chi connectivity index (χ0n) is 7.14. The molecule has 1 aliphatic rings. The van der Waals surface area contributed by atoms with Gasteiger partial charge < -0.3 is 5.73 Å². The van der Waals surface area contributed by atoms with E-state index in [0.717, 1.165) is 13.0 Å². The molecular weight excluding hydrogens is 136 g/mol. The van der Waals surface area contributed by atoms with Gasteiger partial charge in [0.25, 0.3) is 0 Å². The fourth-order valence-electron chi connectivity index (χ4n) is 1.31. The van der Waals surface area contributed by atoms with E-state index in [9.17, 15) is 0 Å². The van der Waals surface area contributed by atoms with Gasteiger partial charge >= 0.3 is 0 Å². The summed E-state index contributed by atoms with van der Waals surface area (Å²) in [4.78, 5) is 4.37. The van der Waals surface area contributed by atoms with Crippen molar-refractivity contribution in [3.63, 3.8) is 0 Å². The number of hydrogen-bond acceptors (Lipinski definition) is 2. The third kappa shape index (κ3) is 2.85. The van der Waals surface area contributed by atoms with Crippen molar-refractivity contribution in [1.29, 1.82) is 0 Å². The molecule has 0 aliphatic heterocycles. The van der Waals surface area contributed by atoms with E-state index in [2.05, 4.69) is 18.0 Å². The molecule has 11 heavy (non-hydrogen) atoms. The lowest BCUT2D eigenvalue weighted by molar-refractivity contribution is 0.828. The molecule has 0 saturated carbocycles. The first-order valence-corrected chi connectivity index (χ1v) is 4.23. The second-order valence-electron chi connectivity index (χ2n) is 3.01. The SMILES string of the molecule is CC1=CC(=NCCN)CCC1. The van der Waals surface area contributed by atoms with Gasteiger partial charge in [0.1, 0.15) is 0 Å². The van der Waals surface area contributed by atoms with Gasteiger partial charge in [-0.25, -0.2) is 0 Å². The van der Waals surface area contributed by atoms with Crippen LogP contribution < -0.4 is 5.73 Å². The van der Waals surface area contributed by atoms with Gasteiger partial charge in [0.2, 0.25) is 0 Å². The van der Waals surface area contributed by atoms with Crippen molar-refractivity contribution in [3.8, 4) is 0 Å². The number of allylic oxidation sites excluding steroid dienone is 2. The Morgan fingerprint density at radius 1 is 1.55 bits per heavy atom. The van der Waals surface area contributed by atoms with Crippen LogP contribution >= 0.6 is 0 Å². The van der Waals surface area contributed by atoms with Crippen LogP contribution in [0.1, 0.15) is 26.2 Å². The van der Waals surface area contributed by atoms with Crippen LogP contribution in [0.4, 0.5) is 0 Å². The quantitative estimate of drug-likeness (QED) is 0.640. The van der Waals surface area contributed by atoms with Gasteiger partial charge in [-0.2, -0.15) is 0 Å². The summed E-state index contributed by atoms with van der Waals surface area (Å²) in [5.74, 6) is 0. The van der Waals surface area contributed by atoms with Crippen LogP contribution in [0.25, 0.3) is 0 Å². The van der Waals surface area contributed by atoms with Gasteiger partial charge in [-0.15, -0.1) is 0 Å². The largest absolute Gasteiger partial charge is 0.329 e. The molecule has 0 radical (unpaired) electrons. The molecule has 0 spiro atoms. The van der Waals surface area contributed by atoms with Gasteiger partial charge in [0, 0.05) is 12.3 Å². The molecule has 0 atom stereocenters. The minimum absolute atomic E-state index is 0.663. The van der Waals surface area contributed by atoms with Crippen molar-refractivity contribution < 1.29 is 0 Å². The molecule has 0 amide bonds. The van der Waals surface area contributed by atoms with E-state index in [0.29, 0.717) is 6.54 Å². The van der Waals surface area contributed by atoms with Crippen LogP contribution in [0.5, 0.6) is 0 Å². The second kappa shape index (κ2) is 4.29. The van der Waals surface area contributed by atoms with E-state index in [1.54, 1.807) is 0 Å². The Balaban J connectivity index is 2.51. The molecule has 0 heterocycles. The molecule has 2 N–H and O–H groups in total. The first-order valence-electron chi connectivity index (χ1n) is 4.23. The normalized spacial score (nSPS) is 22.0. The van der Waals surface area contributed by atoms with Crippen molar-refractivity contribution in [2.45, 2.75) is 26.2 Å². The standard InChI is InChI=1S/C9H16N2/c1-8-3-2-4-9(7-8)11-6-5-10/h7H,2-6,10H2,1H3. The van der Waals surface area contributed by atoms with E-state index in [-0.39, 0.29) is 0 Å². The smallest absolute Gasteiger partial charge is 0.0515 e. The molecule has 0 bridgehead atoms. The fraction of sp³-hybridized carbons (Fsp3) is 0.667. The first-order chi connectivity index (χ1) is 5.33. The molecule has 1 rings (SSSR count). The van der Waals surface area contributed by atoms with E-state index in [1.165, 1.54) is 24.1 Å². The van der Waals surface area contributed by atoms with Gasteiger partial charge in [0.05, 0.1) is 6.54 Å². The summed E-state index contributed by atoms with van der Waals surface area (Å²) in [6.45, 7) is 3.60. The van der Waals surface area contributed by atoms with Crippen molar-refractivity contribution in [2.75, 3.05) is 13.1 Å². The topological polar surface area (TPSA) is 38.4 Å². The number of nitrogens with two attached hydrogens (primary N) is 1. The Hall–Kier alpha value is -0.630. The Morgan fingerprint density at radius 2 is 2.36 bits per heavy atom. The van der Waals surface area contributed by atoms with Crippen molar-refractivity contribution in [1.82, 2.24) is 0 Å². The predicted molar refractivity (Wildman–Crippen MR) is 49.0 cm³/mol. The summed E-state index contributed by atoms with van der Waals surface area (Å²) in [5, 5.41) is 0. The third-order valence-electron chi connectivity index (χ3n) is 1.86. The summed E-state index contributed by atoms with van der Waals surface area (Å²) in [7, 11) is 0. The van der Waals surface area contributed by atoms with E-state index in [1.807, 2.05) is 0 Å². The maximum Gasteiger partial charge on any atom is 0.0515 e. The monoisotopic (exact) mass is 152 g/mol. The van der Waals surface area contributed by atoms with E-state index < -0.39 is 0 Å². The van der Waals surface area contributed by atoms with Crippen LogP contribution in [0.15, 0.2) is 16.6 Å². The van der Waals surface area contributed by atoms with Crippen LogP contribution in [-0.4, -0.2) is 18.8 Å². The Morgan fingerprint density at radius 3 is 3.00 bits per heavy atom. The maximum atomic E-state index is 5.35. The van der Waals surface area contributed by atoms with Gasteiger partial charge in [-0.05, 0) is 32.3 Å². The molecular formula is C9H16N2. The average Bonchev–Trinajstić information content (AvgIpc) is 2.01. The van der Waals surface area contributed by atoms with E-state index in [4.69, 9.17) is 5.73 Å². The zero-order chi connectivity index (χ0) is 8.10. The Bertz CT molecular complexity index is 180. The number of nitrogens with zero attached hydrogens (tertiary/aromatic N) is 1. The predicted octanol–water partition coefficient (Wildman–Crippen LogP) is 1.52. The lowest BCUT2D eigenvalue weighted by Gasteiger charge is -2.10. The number of rotatable bonds is 2. The molecule has 0 aromatic carbocycles. The fourth-order valence-corrected chi connectivity index (χ4v) is 1.31. The summed E-state index contributed by atoms with van der Waals surface area (Å²) in [6, 6.07) is 0. The molecule has 62 valence electrons. The highest BCUT2D eigenvalue weighted by Gasteiger charge is 2.03. The summed E-state index contributed by atoms with van der Waals surface area (Å²) < 4.78 is 0. The van der Waals surface area contributed by atoms with Crippen LogP contribution in [0, 0.1) is 0 Å². The van der Waals surface area contributed by atoms with Gasteiger partial charge in [-0.1, -0.05) is 5.57 Å². The van der Waals surface area contributed by atoms with Crippen LogP contribution in [0.3, 0.4) is 0 Å². The molecule has 0 unspecified atom stereocenters. The third-order valence-corrected chi connectivity index (χ3v) is 1.86. The molecule has 0 saturated heterocycles. The maximum absolute atomic E-state index is 5.35. The highest BCUT2D eigenvalue weighted by atomic mass is 14.8. The molecule has 2 heteroatoms. The molecule has 0 aromatic rings. The summed E-state index contributed by atoms with van der Waals surface area (Å²) in [5.41, 5.74) is 8.04. The summed E-state index contributed by atoms with van der Waals surface area (Å²) >= 11 is 0. The lowest BCUT2D eigenvalue weighted by atomic mass is 9.99. The highest BCUT2D eigenvalue weighted by molar-refractivity contribution is 5.96. The van der Waals surface area contributed by atoms with Crippen molar-refractivity contribution >= 4 is 5.71 Å². The highest BCUT2D eigenvalue weighted by Crippen LogP contribution is 2.14. The Labute approximate surface area is 68.2 Å². The number of hydrogen-bond donors (Lipinski definition) is 1. The average molecular weight is 152 g/mol. The van der Waals surface area contributed by atoms with E-state index >= 15 is 0 Å². The van der Waals surface area contributed by atoms with Gasteiger partial charge in [-0.3, -0.25) is 4.99 Å². The minimum atomic E-state index is 0.663.